The van der Waals surface area contributed by atoms with Gasteiger partial charge in [0.15, 0.2) is 0 Å². The molecule has 2 N–H and O–H groups in total. The number of amides is 1. The quantitative estimate of drug-likeness (QED) is 0.744. The number of hydrogen-bond donors (Lipinski definition) is 2. The molecule has 5 nitrogen and oxygen atoms in total. The minimum Gasteiger partial charge on any atom is -0.467 e. The van der Waals surface area contributed by atoms with E-state index in [1.807, 2.05) is 13.8 Å². The highest BCUT2D eigenvalue weighted by atomic mass is 16.5. The molecule has 1 amide bonds. The third kappa shape index (κ3) is 3.72. The van der Waals surface area contributed by atoms with E-state index in [9.17, 15) is 9.59 Å². The summed E-state index contributed by atoms with van der Waals surface area (Å²) < 4.78 is 4.74. The number of carbonyl (C=O) groups excluding carboxylic acids is 2. The molecule has 0 aliphatic carbocycles. The summed E-state index contributed by atoms with van der Waals surface area (Å²) in [6.45, 7) is 3.82. The van der Waals surface area contributed by atoms with Gasteiger partial charge in [-0.15, -0.1) is 0 Å². The molecule has 2 saturated heterocycles. The first-order valence-corrected chi connectivity index (χ1v) is 7.62. The van der Waals surface area contributed by atoms with Crippen LogP contribution in [0.2, 0.25) is 0 Å². The van der Waals surface area contributed by atoms with Gasteiger partial charge in [0, 0.05) is 18.5 Å². The SMILES string of the molecule is COC(=O)[C@@H](NC(=O)CC1CC2CCC(C1)N2)C(C)C. The number of nitrogens with one attached hydrogen (secondary N) is 2. The van der Waals surface area contributed by atoms with Gasteiger partial charge in [-0.1, -0.05) is 13.8 Å². The van der Waals surface area contributed by atoms with E-state index in [1.165, 1.54) is 20.0 Å². The average Bonchev–Trinajstić information content (AvgIpc) is 2.74. The number of carbonyl (C=O) groups is 2. The fourth-order valence-corrected chi connectivity index (χ4v) is 3.46. The van der Waals surface area contributed by atoms with Crippen molar-refractivity contribution in [2.45, 2.75) is 64.1 Å². The van der Waals surface area contributed by atoms with Gasteiger partial charge in [0.2, 0.25) is 5.91 Å². The van der Waals surface area contributed by atoms with Crippen LogP contribution in [0.3, 0.4) is 0 Å². The minimum atomic E-state index is -0.536. The smallest absolute Gasteiger partial charge is 0.328 e. The maximum atomic E-state index is 12.1. The zero-order chi connectivity index (χ0) is 14.7. The Bertz CT molecular complexity index is 358. The number of esters is 1. The summed E-state index contributed by atoms with van der Waals surface area (Å²) in [5.74, 6) is 0.0916. The topological polar surface area (TPSA) is 67.4 Å². The number of rotatable bonds is 5. The summed E-state index contributed by atoms with van der Waals surface area (Å²) >= 11 is 0. The average molecular weight is 282 g/mol. The second-order valence-electron chi connectivity index (χ2n) is 6.49. The zero-order valence-electron chi connectivity index (χ0n) is 12.6. The van der Waals surface area contributed by atoms with Gasteiger partial charge in [-0.2, -0.15) is 0 Å². The first kappa shape index (κ1) is 15.3. The Kier molecular flexibility index (Phi) is 5.02. The molecule has 2 aliphatic heterocycles. The van der Waals surface area contributed by atoms with Crippen LogP contribution in [0.1, 0.15) is 46.0 Å². The van der Waals surface area contributed by atoms with Gasteiger partial charge in [0.05, 0.1) is 7.11 Å². The predicted molar refractivity (Wildman–Crippen MR) is 76.1 cm³/mol. The van der Waals surface area contributed by atoms with Gasteiger partial charge >= 0.3 is 5.97 Å². The standard InChI is InChI=1S/C15H26N2O3/c1-9(2)14(15(19)20-3)17-13(18)8-10-6-11-4-5-12(7-10)16-11/h9-12,14,16H,4-8H2,1-3H3,(H,17,18)/t10?,11?,12?,14-/m0/s1. The van der Waals surface area contributed by atoms with Gasteiger partial charge in [0.25, 0.3) is 0 Å². The highest BCUT2D eigenvalue weighted by Gasteiger charge is 2.35. The van der Waals surface area contributed by atoms with Crippen molar-refractivity contribution >= 4 is 11.9 Å². The number of fused-ring (bicyclic) bond motifs is 2. The lowest BCUT2D eigenvalue weighted by atomic mass is 9.89. The Morgan fingerprint density at radius 2 is 1.85 bits per heavy atom. The van der Waals surface area contributed by atoms with Crippen molar-refractivity contribution in [1.29, 1.82) is 0 Å². The highest BCUT2D eigenvalue weighted by Crippen LogP contribution is 2.32. The normalized spacial score (nSPS) is 30.1. The van der Waals surface area contributed by atoms with E-state index in [4.69, 9.17) is 4.74 Å². The molecule has 0 radical (unpaired) electrons. The number of piperidine rings is 1. The Hall–Kier alpha value is -1.10. The van der Waals surface area contributed by atoms with E-state index >= 15 is 0 Å². The van der Waals surface area contributed by atoms with Crippen molar-refractivity contribution in [3.8, 4) is 0 Å². The van der Waals surface area contributed by atoms with Crippen molar-refractivity contribution < 1.29 is 14.3 Å². The summed E-state index contributed by atoms with van der Waals surface area (Å²) in [6, 6.07) is 0.645. The first-order chi connectivity index (χ1) is 9.49. The summed E-state index contributed by atoms with van der Waals surface area (Å²) in [7, 11) is 1.36. The van der Waals surface area contributed by atoms with Crippen LogP contribution in [0.5, 0.6) is 0 Å². The van der Waals surface area contributed by atoms with Gasteiger partial charge in [-0.25, -0.2) is 4.79 Å². The second kappa shape index (κ2) is 6.57. The van der Waals surface area contributed by atoms with Gasteiger partial charge in [0.1, 0.15) is 6.04 Å². The van der Waals surface area contributed by atoms with Crippen LogP contribution in [0.4, 0.5) is 0 Å². The Morgan fingerprint density at radius 1 is 1.25 bits per heavy atom. The molecule has 2 aliphatic rings. The maximum absolute atomic E-state index is 12.1. The molecule has 114 valence electrons. The number of ether oxygens (including phenoxy) is 1. The van der Waals surface area contributed by atoms with Crippen LogP contribution < -0.4 is 10.6 Å². The Morgan fingerprint density at radius 3 is 2.35 bits per heavy atom. The summed E-state index contributed by atoms with van der Waals surface area (Å²) in [5.41, 5.74) is 0. The molecule has 20 heavy (non-hydrogen) atoms. The summed E-state index contributed by atoms with van der Waals surface area (Å²) in [4.78, 5) is 23.8. The molecule has 2 unspecified atom stereocenters. The largest absolute Gasteiger partial charge is 0.467 e. The third-order valence-electron chi connectivity index (χ3n) is 4.48. The fraction of sp³-hybridized carbons (Fsp3) is 0.867. The Balaban J connectivity index is 1.83. The van der Waals surface area contributed by atoms with Gasteiger partial charge in [-0.3, -0.25) is 4.79 Å². The van der Waals surface area contributed by atoms with Gasteiger partial charge in [-0.05, 0) is 37.5 Å². The van der Waals surface area contributed by atoms with E-state index < -0.39 is 6.04 Å². The van der Waals surface area contributed by atoms with Crippen LogP contribution in [0.25, 0.3) is 0 Å². The van der Waals surface area contributed by atoms with Crippen molar-refractivity contribution in [2.75, 3.05) is 7.11 Å². The lowest BCUT2D eigenvalue weighted by Crippen LogP contribution is -2.46. The molecule has 0 saturated carbocycles. The second-order valence-corrected chi connectivity index (χ2v) is 6.49. The molecular formula is C15H26N2O3. The maximum Gasteiger partial charge on any atom is 0.328 e. The molecule has 2 rings (SSSR count). The van der Waals surface area contributed by atoms with Gasteiger partial charge < -0.3 is 15.4 Å². The van der Waals surface area contributed by atoms with Crippen LogP contribution in [0, 0.1) is 11.8 Å². The molecule has 0 aromatic carbocycles. The van der Waals surface area contributed by atoms with Crippen molar-refractivity contribution in [3.63, 3.8) is 0 Å². The van der Waals surface area contributed by atoms with Crippen molar-refractivity contribution in [3.05, 3.63) is 0 Å². The van der Waals surface area contributed by atoms with Crippen molar-refractivity contribution in [1.82, 2.24) is 10.6 Å². The highest BCUT2D eigenvalue weighted by molar-refractivity contribution is 5.84. The van der Waals surface area contributed by atoms with Crippen LogP contribution >= 0.6 is 0 Å². The molecule has 2 bridgehead atoms. The molecule has 5 heteroatoms. The number of methoxy groups -OCH3 is 1. The summed E-state index contributed by atoms with van der Waals surface area (Å²) in [5, 5.41) is 6.40. The van der Waals surface area contributed by atoms with E-state index in [2.05, 4.69) is 10.6 Å². The van der Waals surface area contributed by atoms with Crippen LogP contribution in [0.15, 0.2) is 0 Å². The minimum absolute atomic E-state index is 0.0274. The van der Waals surface area contributed by atoms with E-state index in [1.54, 1.807) is 0 Å². The Labute approximate surface area is 120 Å². The van der Waals surface area contributed by atoms with E-state index in [0.29, 0.717) is 24.4 Å². The summed E-state index contributed by atoms with van der Waals surface area (Å²) in [6.07, 6.45) is 5.15. The predicted octanol–water partition coefficient (Wildman–Crippen LogP) is 1.22. The monoisotopic (exact) mass is 282 g/mol. The van der Waals surface area contributed by atoms with E-state index in [0.717, 1.165) is 12.8 Å². The zero-order valence-corrected chi connectivity index (χ0v) is 12.6. The molecule has 2 heterocycles. The van der Waals surface area contributed by atoms with Crippen LogP contribution in [-0.4, -0.2) is 37.1 Å². The molecule has 2 fully saturated rings. The molecule has 0 aromatic rings. The lowest BCUT2D eigenvalue weighted by Gasteiger charge is -2.29. The first-order valence-electron chi connectivity index (χ1n) is 7.62. The molecular weight excluding hydrogens is 256 g/mol. The number of hydrogen-bond acceptors (Lipinski definition) is 4. The third-order valence-corrected chi connectivity index (χ3v) is 4.48. The van der Waals surface area contributed by atoms with Crippen LogP contribution in [-0.2, 0) is 14.3 Å². The molecule has 0 spiro atoms. The fourth-order valence-electron chi connectivity index (χ4n) is 3.46. The van der Waals surface area contributed by atoms with E-state index in [-0.39, 0.29) is 17.8 Å². The molecule has 3 atom stereocenters. The molecule has 0 aromatic heterocycles. The lowest BCUT2D eigenvalue weighted by molar-refractivity contribution is -0.146. The van der Waals surface area contributed by atoms with Crippen molar-refractivity contribution in [2.24, 2.45) is 11.8 Å².